The van der Waals surface area contributed by atoms with Gasteiger partial charge in [-0.3, -0.25) is 9.48 Å². The lowest BCUT2D eigenvalue weighted by Gasteiger charge is -2.25. The van der Waals surface area contributed by atoms with Gasteiger partial charge in [0.1, 0.15) is 5.56 Å². The van der Waals surface area contributed by atoms with Crippen LogP contribution in [0.2, 0.25) is 5.02 Å². The van der Waals surface area contributed by atoms with Gasteiger partial charge in [0.15, 0.2) is 11.5 Å². The van der Waals surface area contributed by atoms with Crippen molar-refractivity contribution in [3.63, 3.8) is 0 Å². The van der Waals surface area contributed by atoms with Gasteiger partial charge >= 0.3 is 6.18 Å². The molecule has 0 atom stereocenters. The number of hydrogen-bond donors (Lipinski definition) is 1. The molecule has 4 rings (SSSR count). The van der Waals surface area contributed by atoms with E-state index in [4.69, 9.17) is 35.1 Å². The second-order valence-electron chi connectivity index (χ2n) is 7.04. The van der Waals surface area contributed by atoms with E-state index in [0.29, 0.717) is 4.68 Å². The molecule has 8 nitrogen and oxygen atoms in total. The summed E-state index contributed by atoms with van der Waals surface area (Å²) >= 11 is 6.16. The maximum absolute atomic E-state index is 14.2. The molecule has 1 amide bonds. The lowest BCUT2D eigenvalue weighted by molar-refractivity contribution is -0.137. The number of alkyl halides is 3. The van der Waals surface area contributed by atoms with Gasteiger partial charge in [0.25, 0.3) is 5.91 Å². The smallest absolute Gasteiger partial charge is 0.319 e. The van der Waals surface area contributed by atoms with Crippen molar-refractivity contribution in [1.82, 2.24) is 29.8 Å². The summed E-state index contributed by atoms with van der Waals surface area (Å²) in [5.41, 5.74) is -2.88. The molecule has 1 N–H and O–H groups in total. The summed E-state index contributed by atoms with van der Waals surface area (Å²) < 4.78 is 43.0. The van der Waals surface area contributed by atoms with Crippen LogP contribution in [0.3, 0.4) is 0 Å². The van der Waals surface area contributed by atoms with Gasteiger partial charge in [-0.1, -0.05) is 41.9 Å². The molecular formula is C19H10B3ClF3N7O. The standard InChI is InChI=1S/C19H10B3ClF3N7O/c20-19(21,22)32-15(10-4-2-1-3-5-10)13(18(24,25)26)14(31-32)17(34)30-11-8-12(23)16(27-9-11)33-28-6-7-29-33/h1-9H,(H,30,34). The summed E-state index contributed by atoms with van der Waals surface area (Å²) in [4.78, 5) is 18.1. The van der Waals surface area contributed by atoms with Crippen molar-refractivity contribution < 1.29 is 18.0 Å². The van der Waals surface area contributed by atoms with Crippen molar-refractivity contribution in [3.05, 3.63) is 71.3 Å². The fourth-order valence-electron chi connectivity index (χ4n) is 3.15. The number of nitrogens with zero attached hydrogens (tertiary/aromatic N) is 6. The Kier molecular flexibility index (Phi) is 6.02. The number of halogens is 4. The minimum Gasteiger partial charge on any atom is -0.319 e. The average Bonchev–Trinajstić information content (AvgIpc) is 3.42. The third kappa shape index (κ3) is 4.58. The van der Waals surface area contributed by atoms with E-state index in [1.807, 2.05) is 0 Å². The van der Waals surface area contributed by atoms with Gasteiger partial charge in [0, 0.05) is 5.56 Å². The Morgan fingerprint density at radius 3 is 2.26 bits per heavy atom. The van der Waals surface area contributed by atoms with Crippen molar-refractivity contribution in [2.45, 2.75) is 11.4 Å². The van der Waals surface area contributed by atoms with Crippen LogP contribution in [0.5, 0.6) is 0 Å². The Morgan fingerprint density at radius 1 is 1.06 bits per heavy atom. The van der Waals surface area contributed by atoms with Gasteiger partial charge in [-0.15, -0.1) is 4.80 Å². The molecule has 0 aliphatic carbocycles. The number of benzene rings is 1. The first-order valence-electron chi connectivity index (χ1n) is 9.43. The number of carbonyl (C=O) groups is 1. The summed E-state index contributed by atoms with van der Waals surface area (Å²) in [5.74, 6) is -1.06. The predicted octanol–water partition coefficient (Wildman–Crippen LogP) is 2.52. The van der Waals surface area contributed by atoms with Crippen LogP contribution in [0.15, 0.2) is 55.0 Å². The van der Waals surface area contributed by atoms with E-state index in [2.05, 4.69) is 25.6 Å². The van der Waals surface area contributed by atoms with E-state index in [1.165, 1.54) is 48.9 Å². The summed E-state index contributed by atoms with van der Waals surface area (Å²) in [7, 11) is 17.0. The first-order chi connectivity index (χ1) is 16.0. The highest BCUT2D eigenvalue weighted by molar-refractivity contribution is 6.56. The minimum absolute atomic E-state index is 0.00523. The molecule has 0 spiro atoms. The molecule has 4 aromatic rings. The first-order valence-corrected chi connectivity index (χ1v) is 9.81. The maximum atomic E-state index is 14.2. The third-order valence-corrected chi connectivity index (χ3v) is 4.76. The topological polar surface area (TPSA) is 90.5 Å². The van der Waals surface area contributed by atoms with Crippen LogP contribution in [-0.2, 0) is 11.4 Å². The van der Waals surface area contributed by atoms with E-state index in [-0.39, 0.29) is 22.1 Å². The quantitative estimate of drug-likeness (QED) is 0.447. The summed E-state index contributed by atoms with van der Waals surface area (Å²) in [6.07, 6.45) is -1.03. The largest absolute Gasteiger partial charge is 0.420 e. The number of carbonyl (C=O) groups excluding carboxylic acids is 1. The lowest BCUT2D eigenvalue weighted by atomic mass is 9.49. The zero-order chi connectivity index (χ0) is 24.7. The Hall–Kier alpha value is -3.54. The minimum atomic E-state index is -5.01. The molecule has 0 bridgehead atoms. The van der Waals surface area contributed by atoms with Crippen molar-refractivity contribution in [1.29, 1.82) is 0 Å². The van der Waals surface area contributed by atoms with Crippen molar-refractivity contribution in [3.8, 4) is 17.1 Å². The fraction of sp³-hybridized carbons (Fsp3) is 0.105. The SMILES string of the molecule is [B]C([B])([B])n1nc(C(=O)Nc2cnc(-n3nccn3)c(Cl)c2)c(C(F)(F)F)c1-c1ccccc1. The molecule has 0 fully saturated rings. The van der Waals surface area contributed by atoms with Crippen LogP contribution in [0.25, 0.3) is 17.1 Å². The summed E-state index contributed by atoms with van der Waals surface area (Å²) in [6.45, 7) is 0. The van der Waals surface area contributed by atoms with Crippen LogP contribution in [-0.4, -0.2) is 59.2 Å². The molecule has 0 aliphatic heterocycles. The monoisotopic (exact) mass is 477 g/mol. The van der Waals surface area contributed by atoms with Gasteiger partial charge in [-0.2, -0.15) is 28.5 Å². The van der Waals surface area contributed by atoms with E-state index in [9.17, 15) is 18.0 Å². The van der Waals surface area contributed by atoms with E-state index in [0.717, 1.165) is 4.80 Å². The van der Waals surface area contributed by atoms with Gasteiger partial charge in [0.2, 0.25) is 0 Å². The zero-order valence-corrected chi connectivity index (χ0v) is 17.8. The van der Waals surface area contributed by atoms with Crippen LogP contribution in [0, 0.1) is 0 Å². The molecule has 6 radical (unpaired) electrons. The number of rotatable bonds is 5. The molecule has 3 heterocycles. The molecule has 1 aromatic carbocycles. The van der Waals surface area contributed by atoms with Crippen molar-refractivity contribution >= 4 is 46.7 Å². The number of anilines is 1. The van der Waals surface area contributed by atoms with Crippen LogP contribution >= 0.6 is 11.6 Å². The Bertz CT molecular complexity index is 1340. The number of hydrogen-bond acceptors (Lipinski definition) is 5. The molecule has 3 aromatic heterocycles. The fourth-order valence-corrected chi connectivity index (χ4v) is 3.39. The molecule has 0 saturated carbocycles. The lowest BCUT2D eigenvalue weighted by Crippen LogP contribution is -2.37. The van der Waals surface area contributed by atoms with E-state index >= 15 is 0 Å². The number of amides is 1. The molecule has 164 valence electrons. The molecule has 0 unspecified atom stereocenters. The Labute approximate surface area is 199 Å². The second-order valence-corrected chi connectivity index (χ2v) is 7.44. The number of nitrogens with one attached hydrogen (secondary N) is 1. The highest BCUT2D eigenvalue weighted by atomic mass is 35.5. The molecular weight excluding hydrogens is 467 g/mol. The van der Waals surface area contributed by atoms with Gasteiger partial charge in [-0.25, -0.2) is 4.98 Å². The average molecular weight is 477 g/mol. The normalized spacial score (nSPS) is 12.0. The highest BCUT2D eigenvalue weighted by Gasteiger charge is 2.43. The Morgan fingerprint density at radius 2 is 1.71 bits per heavy atom. The van der Waals surface area contributed by atoms with Crippen molar-refractivity contribution in [2.24, 2.45) is 0 Å². The highest BCUT2D eigenvalue weighted by Crippen LogP contribution is 2.40. The van der Waals surface area contributed by atoms with E-state index in [1.54, 1.807) is 6.07 Å². The van der Waals surface area contributed by atoms with Crippen molar-refractivity contribution in [2.75, 3.05) is 5.32 Å². The first kappa shape index (κ1) is 23.6. The third-order valence-electron chi connectivity index (χ3n) is 4.49. The molecule has 34 heavy (non-hydrogen) atoms. The molecule has 15 heteroatoms. The molecule has 0 aliphatic rings. The van der Waals surface area contributed by atoms with E-state index < -0.39 is 34.3 Å². The molecule has 0 saturated heterocycles. The number of pyridine rings is 1. The van der Waals surface area contributed by atoms with Crippen LogP contribution in [0.4, 0.5) is 18.9 Å². The Balaban J connectivity index is 1.79. The van der Waals surface area contributed by atoms with Gasteiger partial charge in [0.05, 0.1) is 58.5 Å². The van der Waals surface area contributed by atoms with Gasteiger partial charge in [-0.05, 0) is 11.3 Å². The number of aromatic nitrogens is 6. The predicted molar refractivity (Wildman–Crippen MR) is 120 cm³/mol. The summed E-state index contributed by atoms with van der Waals surface area (Å²) in [6, 6.07) is 8.63. The van der Waals surface area contributed by atoms with Gasteiger partial charge < -0.3 is 5.32 Å². The van der Waals surface area contributed by atoms with Crippen LogP contribution < -0.4 is 5.32 Å². The van der Waals surface area contributed by atoms with Crippen LogP contribution in [0.1, 0.15) is 16.1 Å². The zero-order valence-electron chi connectivity index (χ0n) is 17.0. The second kappa shape index (κ2) is 8.67. The maximum Gasteiger partial charge on any atom is 0.420 e. The summed E-state index contributed by atoms with van der Waals surface area (Å²) in [5, 5.41) is 11.5.